The molecule has 0 spiro atoms. The number of rotatable bonds is 6. The van der Waals surface area contributed by atoms with Gasteiger partial charge in [0.1, 0.15) is 5.82 Å². The summed E-state index contributed by atoms with van der Waals surface area (Å²) in [4.78, 5) is 0. The maximum absolute atomic E-state index is 13.3. The highest BCUT2D eigenvalue weighted by Crippen LogP contribution is 2.18. The Morgan fingerprint density at radius 1 is 1.29 bits per heavy atom. The molecule has 1 aromatic carbocycles. The average Bonchev–Trinajstić information content (AvgIpc) is 2.22. The van der Waals surface area contributed by atoms with Crippen LogP contribution in [0.2, 0.25) is 0 Å². The Bertz CT molecular complexity index is 332. The molecule has 0 bridgehead atoms. The summed E-state index contributed by atoms with van der Waals surface area (Å²) in [6, 6.07) is 5.63. The van der Waals surface area contributed by atoms with Gasteiger partial charge in [0, 0.05) is 10.5 Å². The smallest absolute Gasteiger partial charge is 0.124 e. The standard InChI is InChI=1S/C14H21BrFN/c1-4-11(9-17-10(2)3)5-12-6-13(15)8-14(16)7-12/h6-8,10-11,17H,4-5,9H2,1-3H3. The molecule has 96 valence electrons. The zero-order chi connectivity index (χ0) is 12.8. The summed E-state index contributed by atoms with van der Waals surface area (Å²) < 4.78 is 14.1. The second-order valence-corrected chi connectivity index (χ2v) is 5.73. The Kier molecular flexibility index (Phi) is 6.14. The molecule has 0 aliphatic carbocycles. The molecule has 0 fully saturated rings. The Balaban J connectivity index is 2.60. The fourth-order valence-corrected chi connectivity index (χ4v) is 2.34. The van der Waals surface area contributed by atoms with Crippen molar-refractivity contribution in [2.75, 3.05) is 6.54 Å². The molecule has 1 rings (SSSR count). The van der Waals surface area contributed by atoms with Crippen LogP contribution in [0.15, 0.2) is 22.7 Å². The number of benzene rings is 1. The fourth-order valence-electron chi connectivity index (χ4n) is 1.83. The van der Waals surface area contributed by atoms with Gasteiger partial charge in [0.2, 0.25) is 0 Å². The van der Waals surface area contributed by atoms with Crippen molar-refractivity contribution in [1.29, 1.82) is 0 Å². The average molecular weight is 302 g/mol. The largest absolute Gasteiger partial charge is 0.314 e. The summed E-state index contributed by atoms with van der Waals surface area (Å²) in [5.41, 5.74) is 1.06. The van der Waals surface area contributed by atoms with Gasteiger partial charge in [-0.2, -0.15) is 0 Å². The van der Waals surface area contributed by atoms with Gasteiger partial charge in [0.25, 0.3) is 0 Å². The van der Waals surface area contributed by atoms with Crippen LogP contribution in [-0.2, 0) is 6.42 Å². The van der Waals surface area contributed by atoms with E-state index < -0.39 is 0 Å². The second-order valence-electron chi connectivity index (χ2n) is 4.82. The molecule has 0 saturated heterocycles. The summed E-state index contributed by atoms with van der Waals surface area (Å²) in [6.07, 6.45) is 2.03. The summed E-state index contributed by atoms with van der Waals surface area (Å²) in [7, 11) is 0. The van der Waals surface area contributed by atoms with Gasteiger partial charge < -0.3 is 5.32 Å². The van der Waals surface area contributed by atoms with Gasteiger partial charge >= 0.3 is 0 Å². The molecule has 1 atom stereocenters. The Labute approximate surface area is 112 Å². The molecule has 17 heavy (non-hydrogen) atoms. The SMILES string of the molecule is CCC(CNC(C)C)Cc1cc(F)cc(Br)c1. The summed E-state index contributed by atoms with van der Waals surface area (Å²) >= 11 is 3.33. The highest BCUT2D eigenvalue weighted by molar-refractivity contribution is 9.10. The first-order valence-corrected chi connectivity index (χ1v) is 6.99. The molecular formula is C14H21BrFN. The van der Waals surface area contributed by atoms with Crippen LogP contribution in [0.4, 0.5) is 4.39 Å². The Morgan fingerprint density at radius 3 is 2.53 bits per heavy atom. The van der Waals surface area contributed by atoms with Crippen LogP contribution in [0.25, 0.3) is 0 Å². The van der Waals surface area contributed by atoms with Crippen molar-refractivity contribution >= 4 is 15.9 Å². The summed E-state index contributed by atoms with van der Waals surface area (Å²) in [5, 5.41) is 3.44. The fraction of sp³-hybridized carbons (Fsp3) is 0.571. The maximum Gasteiger partial charge on any atom is 0.124 e. The quantitative estimate of drug-likeness (QED) is 0.832. The van der Waals surface area contributed by atoms with E-state index in [0.717, 1.165) is 29.4 Å². The van der Waals surface area contributed by atoms with Crippen LogP contribution in [-0.4, -0.2) is 12.6 Å². The normalized spacial score (nSPS) is 13.1. The molecule has 0 radical (unpaired) electrons. The number of nitrogens with one attached hydrogen (secondary N) is 1. The lowest BCUT2D eigenvalue weighted by molar-refractivity contribution is 0.435. The van der Waals surface area contributed by atoms with E-state index in [-0.39, 0.29) is 5.82 Å². The van der Waals surface area contributed by atoms with Crippen molar-refractivity contribution in [3.63, 3.8) is 0 Å². The predicted octanol–water partition coefficient (Wildman–Crippen LogP) is 4.15. The number of halogens is 2. The number of hydrogen-bond donors (Lipinski definition) is 1. The molecular weight excluding hydrogens is 281 g/mol. The van der Waals surface area contributed by atoms with Crippen molar-refractivity contribution in [2.45, 2.75) is 39.7 Å². The van der Waals surface area contributed by atoms with Crippen LogP contribution in [0.1, 0.15) is 32.8 Å². The van der Waals surface area contributed by atoms with E-state index in [1.165, 1.54) is 6.07 Å². The minimum atomic E-state index is -0.166. The lowest BCUT2D eigenvalue weighted by Crippen LogP contribution is -2.29. The summed E-state index contributed by atoms with van der Waals surface area (Å²) in [6.45, 7) is 7.46. The van der Waals surface area contributed by atoms with Crippen LogP contribution in [0, 0.1) is 11.7 Å². The topological polar surface area (TPSA) is 12.0 Å². The monoisotopic (exact) mass is 301 g/mol. The van der Waals surface area contributed by atoms with E-state index in [0.29, 0.717) is 12.0 Å². The molecule has 0 saturated carbocycles. The van der Waals surface area contributed by atoms with Gasteiger partial charge in [-0.1, -0.05) is 43.1 Å². The molecule has 1 nitrogen and oxygen atoms in total. The minimum absolute atomic E-state index is 0.166. The molecule has 0 aromatic heterocycles. The molecule has 3 heteroatoms. The zero-order valence-electron chi connectivity index (χ0n) is 10.8. The maximum atomic E-state index is 13.3. The summed E-state index contributed by atoms with van der Waals surface area (Å²) in [5.74, 6) is 0.396. The van der Waals surface area contributed by atoms with Crippen LogP contribution in [0.3, 0.4) is 0 Å². The van der Waals surface area contributed by atoms with Gasteiger partial charge in [0.05, 0.1) is 0 Å². The lowest BCUT2D eigenvalue weighted by Gasteiger charge is -2.18. The van der Waals surface area contributed by atoms with Gasteiger partial charge in [-0.3, -0.25) is 0 Å². The first kappa shape index (κ1) is 14.7. The van der Waals surface area contributed by atoms with E-state index in [1.807, 2.05) is 6.07 Å². The predicted molar refractivity (Wildman–Crippen MR) is 74.7 cm³/mol. The molecule has 0 aliphatic heterocycles. The third kappa shape index (κ3) is 5.64. The molecule has 0 heterocycles. The van der Waals surface area contributed by atoms with Crippen LogP contribution in [0.5, 0.6) is 0 Å². The van der Waals surface area contributed by atoms with E-state index in [2.05, 4.69) is 42.0 Å². The molecule has 1 N–H and O–H groups in total. The van der Waals surface area contributed by atoms with Crippen molar-refractivity contribution < 1.29 is 4.39 Å². The van der Waals surface area contributed by atoms with Gasteiger partial charge in [-0.15, -0.1) is 0 Å². The first-order valence-electron chi connectivity index (χ1n) is 6.19. The molecule has 1 unspecified atom stereocenters. The second kappa shape index (κ2) is 7.12. The van der Waals surface area contributed by atoms with Crippen LogP contribution < -0.4 is 5.32 Å². The third-order valence-corrected chi connectivity index (χ3v) is 3.30. The molecule has 0 aliphatic rings. The molecule has 1 aromatic rings. The van der Waals surface area contributed by atoms with Gasteiger partial charge in [0.15, 0.2) is 0 Å². The van der Waals surface area contributed by atoms with E-state index in [4.69, 9.17) is 0 Å². The van der Waals surface area contributed by atoms with Crippen molar-refractivity contribution in [3.05, 3.63) is 34.1 Å². The van der Waals surface area contributed by atoms with Crippen LogP contribution >= 0.6 is 15.9 Å². The Morgan fingerprint density at radius 2 is 2.00 bits per heavy atom. The van der Waals surface area contributed by atoms with Crippen molar-refractivity contribution in [2.24, 2.45) is 5.92 Å². The van der Waals surface area contributed by atoms with Crippen molar-refractivity contribution in [1.82, 2.24) is 5.32 Å². The van der Waals surface area contributed by atoms with Crippen molar-refractivity contribution in [3.8, 4) is 0 Å². The Hall–Kier alpha value is -0.410. The first-order chi connectivity index (χ1) is 8.01. The highest BCUT2D eigenvalue weighted by atomic mass is 79.9. The number of hydrogen-bond acceptors (Lipinski definition) is 1. The van der Waals surface area contributed by atoms with Gasteiger partial charge in [-0.25, -0.2) is 4.39 Å². The lowest BCUT2D eigenvalue weighted by atomic mass is 9.96. The zero-order valence-corrected chi connectivity index (χ0v) is 12.3. The highest BCUT2D eigenvalue weighted by Gasteiger charge is 2.09. The minimum Gasteiger partial charge on any atom is -0.314 e. The van der Waals surface area contributed by atoms with E-state index in [1.54, 1.807) is 6.07 Å². The van der Waals surface area contributed by atoms with E-state index in [9.17, 15) is 4.39 Å². The third-order valence-electron chi connectivity index (χ3n) is 2.84. The molecule has 0 amide bonds. The van der Waals surface area contributed by atoms with E-state index >= 15 is 0 Å². The van der Waals surface area contributed by atoms with Gasteiger partial charge in [-0.05, 0) is 42.6 Å².